The van der Waals surface area contributed by atoms with Crippen LogP contribution in [0.4, 0.5) is 4.39 Å². The number of carbonyl (C=O) groups excluding carboxylic acids is 1. The van der Waals surface area contributed by atoms with Crippen molar-refractivity contribution >= 4 is 5.78 Å². The second-order valence-corrected chi connectivity index (χ2v) is 3.67. The number of aliphatic hydroxyl groups excluding tert-OH is 2. The normalized spacial score (nSPS) is 21.2. The molecule has 2 N–H and O–H groups in total. The van der Waals surface area contributed by atoms with Gasteiger partial charge in [0.1, 0.15) is 23.8 Å². The van der Waals surface area contributed by atoms with Gasteiger partial charge < -0.3 is 14.9 Å². The maximum atomic E-state index is 12.9. The zero-order valence-corrected chi connectivity index (χ0v) is 8.39. The Morgan fingerprint density at radius 1 is 1.56 bits per heavy atom. The molecule has 2 atom stereocenters. The minimum Gasteiger partial charge on any atom is -0.486 e. The number of rotatable bonds is 2. The van der Waals surface area contributed by atoms with Gasteiger partial charge in [0.15, 0.2) is 5.78 Å². The molecule has 0 aromatic heterocycles. The highest BCUT2D eigenvalue weighted by Gasteiger charge is 2.31. The van der Waals surface area contributed by atoms with Crippen LogP contribution >= 0.6 is 0 Å². The van der Waals surface area contributed by atoms with Gasteiger partial charge in [0.25, 0.3) is 0 Å². The molecule has 0 spiro atoms. The summed E-state index contributed by atoms with van der Waals surface area (Å²) < 4.78 is 18.2. The molecule has 1 aliphatic rings. The van der Waals surface area contributed by atoms with Crippen molar-refractivity contribution in [1.82, 2.24) is 0 Å². The molecule has 0 aliphatic carbocycles. The van der Waals surface area contributed by atoms with Gasteiger partial charge in [-0.15, -0.1) is 0 Å². The number of halogens is 1. The second-order valence-electron chi connectivity index (χ2n) is 3.67. The predicted octanol–water partition coefficient (Wildman–Crippen LogP) is 0.513. The Kier molecular flexibility index (Phi) is 2.89. The smallest absolute Gasteiger partial charge is 0.170 e. The second kappa shape index (κ2) is 4.19. The molecular formula is C11H11FO4. The summed E-state index contributed by atoms with van der Waals surface area (Å²) in [5.41, 5.74) is 0.182. The van der Waals surface area contributed by atoms with E-state index in [4.69, 9.17) is 9.84 Å². The maximum Gasteiger partial charge on any atom is 0.170 e. The van der Waals surface area contributed by atoms with Gasteiger partial charge in [-0.3, -0.25) is 4.79 Å². The highest BCUT2D eigenvalue weighted by Crippen LogP contribution is 2.29. The standard InChI is InChI=1S/C11H11FO4/c12-6-1-2-10-7(3-6)8(14)4-11(16-10)9(15)5-13/h1-3,9,11,13,15H,4-5H2/t9-,11?/m0/s1. The third kappa shape index (κ3) is 1.91. The average molecular weight is 226 g/mol. The van der Waals surface area contributed by atoms with Crippen molar-refractivity contribution < 1.29 is 24.1 Å². The van der Waals surface area contributed by atoms with Gasteiger partial charge in [-0.05, 0) is 18.2 Å². The molecule has 0 saturated carbocycles. The van der Waals surface area contributed by atoms with Crippen LogP contribution in [0.3, 0.4) is 0 Å². The van der Waals surface area contributed by atoms with Gasteiger partial charge in [-0.2, -0.15) is 0 Å². The van der Waals surface area contributed by atoms with E-state index in [1.54, 1.807) is 0 Å². The molecule has 4 nitrogen and oxygen atoms in total. The lowest BCUT2D eigenvalue weighted by Gasteiger charge is -2.27. The summed E-state index contributed by atoms with van der Waals surface area (Å²) in [4.78, 5) is 11.6. The molecule has 1 heterocycles. The largest absolute Gasteiger partial charge is 0.486 e. The maximum absolute atomic E-state index is 12.9. The number of hydrogen-bond donors (Lipinski definition) is 2. The van der Waals surface area contributed by atoms with E-state index in [2.05, 4.69) is 0 Å². The van der Waals surface area contributed by atoms with Crippen molar-refractivity contribution in [2.45, 2.75) is 18.6 Å². The van der Waals surface area contributed by atoms with E-state index in [9.17, 15) is 14.3 Å². The molecule has 1 aromatic carbocycles. The van der Waals surface area contributed by atoms with E-state index in [1.807, 2.05) is 0 Å². The number of carbonyl (C=O) groups is 1. The van der Waals surface area contributed by atoms with Gasteiger partial charge >= 0.3 is 0 Å². The van der Waals surface area contributed by atoms with Crippen molar-refractivity contribution in [3.63, 3.8) is 0 Å². The number of benzene rings is 1. The van der Waals surface area contributed by atoms with Crippen LogP contribution in [0.2, 0.25) is 0 Å². The first-order chi connectivity index (χ1) is 7.61. The minimum absolute atomic E-state index is 0.0574. The van der Waals surface area contributed by atoms with Crippen LogP contribution in [0.25, 0.3) is 0 Å². The SMILES string of the molecule is O=C1CC([C@@H](O)CO)Oc2ccc(F)cc21. The number of ketones is 1. The van der Waals surface area contributed by atoms with E-state index >= 15 is 0 Å². The number of hydrogen-bond acceptors (Lipinski definition) is 4. The Bertz CT molecular complexity index is 418. The van der Waals surface area contributed by atoms with Crippen LogP contribution in [0, 0.1) is 5.82 Å². The molecule has 1 unspecified atom stereocenters. The highest BCUT2D eigenvalue weighted by atomic mass is 19.1. The first kappa shape index (κ1) is 11.0. The molecule has 2 rings (SSSR count). The van der Waals surface area contributed by atoms with E-state index in [1.165, 1.54) is 12.1 Å². The Labute approximate surface area is 91.3 Å². The third-order valence-electron chi connectivity index (χ3n) is 2.52. The molecule has 1 aromatic rings. The monoisotopic (exact) mass is 226 g/mol. The lowest BCUT2D eigenvalue weighted by Crippen LogP contribution is -2.39. The summed E-state index contributed by atoms with van der Waals surface area (Å²) in [5.74, 6) is -0.551. The molecule has 0 amide bonds. The van der Waals surface area contributed by atoms with Gasteiger partial charge in [0.05, 0.1) is 18.6 Å². The van der Waals surface area contributed by atoms with E-state index < -0.39 is 24.6 Å². The van der Waals surface area contributed by atoms with Crippen molar-refractivity contribution in [2.24, 2.45) is 0 Å². The predicted molar refractivity (Wildman–Crippen MR) is 52.9 cm³/mol. The molecule has 0 fully saturated rings. The average Bonchev–Trinajstić information content (AvgIpc) is 2.28. The fourth-order valence-electron chi connectivity index (χ4n) is 1.65. The Balaban J connectivity index is 2.30. The molecule has 16 heavy (non-hydrogen) atoms. The summed E-state index contributed by atoms with van der Waals surface area (Å²) in [6, 6.07) is 3.64. The number of fused-ring (bicyclic) bond motifs is 1. The Hall–Kier alpha value is -1.46. The third-order valence-corrected chi connectivity index (χ3v) is 2.52. The van der Waals surface area contributed by atoms with Gasteiger partial charge in [0, 0.05) is 0 Å². The van der Waals surface area contributed by atoms with Gasteiger partial charge in [0.2, 0.25) is 0 Å². The lowest BCUT2D eigenvalue weighted by molar-refractivity contribution is -0.00671. The van der Waals surface area contributed by atoms with Crippen molar-refractivity contribution in [2.75, 3.05) is 6.61 Å². The van der Waals surface area contributed by atoms with Crippen LogP contribution in [0.1, 0.15) is 16.8 Å². The van der Waals surface area contributed by atoms with E-state index in [0.29, 0.717) is 0 Å². The number of Topliss-reactive ketones (excluding diaryl/α,β-unsaturated/α-hetero) is 1. The number of ether oxygens (including phenoxy) is 1. The van der Waals surface area contributed by atoms with Crippen LogP contribution in [0.15, 0.2) is 18.2 Å². The molecule has 0 radical (unpaired) electrons. The van der Waals surface area contributed by atoms with Crippen molar-refractivity contribution in [1.29, 1.82) is 0 Å². The zero-order valence-electron chi connectivity index (χ0n) is 8.39. The summed E-state index contributed by atoms with van der Waals surface area (Å²) >= 11 is 0. The topological polar surface area (TPSA) is 66.8 Å². The molecular weight excluding hydrogens is 215 g/mol. The first-order valence-electron chi connectivity index (χ1n) is 4.90. The van der Waals surface area contributed by atoms with Crippen LogP contribution in [0.5, 0.6) is 5.75 Å². The Morgan fingerprint density at radius 2 is 2.31 bits per heavy atom. The summed E-state index contributed by atoms with van der Waals surface area (Å²) in [5, 5.41) is 18.1. The summed E-state index contributed by atoms with van der Waals surface area (Å²) in [6.45, 7) is -0.478. The molecule has 0 bridgehead atoms. The highest BCUT2D eigenvalue weighted by molar-refractivity contribution is 5.99. The fourth-order valence-corrected chi connectivity index (χ4v) is 1.65. The van der Waals surface area contributed by atoms with Crippen LogP contribution in [-0.4, -0.2) is 34.8 Å². The van der Waals surface area contributed by atoms with Gasteiger partial charge in [-0.1, -0.05) is 0 Å². The molecule has 5 heteroatoms. The first-order valence-corrected chi connectivity index (χ1v) is 4.90. The summed E-state index contributed by atoms with van der Waals surface area (Å²) in [7, 11) is 0. The van der Waals surface area contributed by atoms with E-state index in [0.717, 1.165) is 6.07 Å². The Morgan fingerprint density at radius 3 is 3.00 bits per heavy atom. The van der Waals surface area contributed by atoms with Crippen molar-refractivity contribution in [3.8, 4) is 5.75 Å². The molecule has 1 aliphatic heterocycles. The zero-order chi connectivity index (χ0) is 11.7. The van der Waals surface area contributed by atoms with Gasteiger partial charge in [-0.25, -0.2) is 4.39 Å². The molecule has 86 valence electrons. The lowest BCUT2D eigenvalue weighted by atomic mass is 9.98. The van der Waals surface area contributed by atoms with E-state index in [-0.39, 0.29) is 23.5 Å². The molecule has 0 saturated heterocycles. The quantitative estimate of drug-likeness (QED) is 0.771. The van der Waals surface area contributed by atoms with Crippen molar-refractivity contribution in [3.05, 3.63) is 29.6 Å². The fraction of sp³-hybridized carbons (Fsp3) is 0.364. The minimum atomic E-state index is -1.11. The van der Waals surface area contributed by atoms with Crippen LogP contribution < -0.4 is 4.74 Å². The van der Waals surface area contributed by atoms with Crippen LogP contribution in [-0.2, 0) is 0 Å². The number of aliphatic hydroxyl groups is 2. The summed E-state index contributed by atoms with van der Waals surface area (Å²) in [6.07, 6.45) is -1.93.